The van der Waals surface area contributed by atoms with E-state index in [1.165, 1.54) is 18.5 Å². The highest BCUT2D eigenvalue weighted by Gasteiger charge is 2.26. The maximum atomic E-state index is 4.27. The fraction of sp³-hybridized carbons (Fsp3) is 0.786. The maximum Gasteiger partial charge on any atom is 0.0948 e. The highest BCUT2D eigenvalue weighted by atomic mass is 15.2. The standard InChI is InChI=1S/C14H26N4/c1-4-12-9-18(13(5-2)8-16-12)10-14-7-15-11-17(14)6-3/h7,11-13,16H,4-6,8-10H2,1-3H3. The zero-order valence-electron chi connectivity index (χ0n) is 11.9. The van der Waals surface area contributed by atoms with Crippen LogP contribution in [0.5, 0.6) is 0 Å². The van der Waals surface area contributed by atoms with Gasteiger partial charge in [-0.1, -0.05) is 13.8 Å². The van der Waals surface area contributed by atoms with Crippen LogP contribution in [0.4, 0.5) is 0 Å². The highest BCUT2D eigenvalue weighted by molar-refractivity contribution is 5.00. The van der Waals surface area contributed by atoms with Crippen LogP contribution >= 0.6 is 0 Å². The molecule has 4 nitrogen and oxygen atoms in total. The predicted octanol–water partition coefficient (Wildman–Crippen LogP) is 1.87. The molecule has 0 saturated carbocycles. The number of piperazine rings is 1. The maximum absolute atomic E-state index is 4.27. The lowest BCUT2D eigenvalue weighted by Gasteiger charge is -2.40. The van der Waals surface area contributed by atoms with Crippen molar-refractivity contribution in [2.75, 3.05) is 13.1 Å². The van der Waals surface area contributed by atoms with Crippen LogP contribution in [0.2, 0.25) is 0 Å². The van der Waals surface area contributed by atoms with Crippen LogP contribution in [-0.4, -0.2) is 39.6 Å². The Morgan fingerprint density at radius 1 is 1.33 bits per heavy atom. The van der Waals surface area contributed by atoms with E-state index < -0.39 is 0 Å². The summed E-state index contributed by atoms with van der Waals surface area (Å²) in [6.45, 7) is 11.0. The topological polar surface area (TPSA) is 33.1 Å². The normalized spacial score (nSPS) is 25.5. The van der Waals surface area contributed by atoms with Crippen LogP contribution in [0.3, 0.4) is 0 Å². The van der Waals surface area contributed by atoms with Crippen LogP contribution in [-0.2, 0) is 13.1 Å². The molecule has 0 radical (unpaired) electrons. The van der Waals surface area contributed by atoms with Crippen molar-refractivity contribution in [2.45, 2.75) is 58.8 Å². The Labute approximate surface area is 110 Å². The SMILES string of the molecule is CCC1CN(Cc2cncn2CC)C(CC)CN1. The molecule has 1 N–H and O–H groups in total. The minimum atomic E-state index is 0.644. The Morgan fingerprint density at radius 3 is 2.83 bits per heavy atom. The molecule has 2 unspecified atom stereocenters. The van der Waals surface area contributed by atoms with E-state index in [1.54, 1.807) is 0 Å². The van der Waals surface area contributed by atoms with Gasteiger partial charge in [-0.15, -0.1) is 0 Å². The van der Waals surface area contributed by atoms with Crippen molar-refractivity contribution in [3.05, 3.63) is 18.2 Å². The lowest BCUT2D eigenvalue weighted by atomic mass is 10.1. The van der Waals surface area contributed by atoms with Gasteiger partial charge in [0.15, 0.2) is 0 Å². The smallest absolute Gasteiger partial charge is 0.0948 e. The largest absolute Gasteiger partial charge is 0.334 e. The summed E-state index contributed by atoms with van der Waals surface area (Å²) in [4.78, 5) is 6.89. The molecule has 1 saturated heterocycles. The van der Waals surface area contributed by atoms with Crippen LogP contribution in [0, 0.1) is 0 Å². The molecule has 2 heterocycles. The highest BCUT2D eigenvalue weighted by Crippen LogP contribution is 2.15. The van der Waals surface area contributed by atoms with Crippen molar-refractivity contribution in [3.8, 4) is 0 Å². The summed E-state index contributed by atoms with van der Waals surface area (Å²) >= 11 is 0. The lowest BCUT2D eigenvalue weighted by molar-refractivity contribution is 0.115. The number of aromatic nitrogens is 2. The van der Waals surface area contributed by atoms with Gasteiger partial charge in [0.25, 0.3) is 0 Å². The lowest BCUT2D eigenvalue weighted by Crippen LogP contribution is -2.55. The number of hydrogen-bond acceptors (Lipinski definition) is 3. The van der Waals surface area contributed by atoms with Gasteiger partial charge in [-0.25, -0.2) is 4.98 Å². The van der Waals surface area contributed by atoms with Crippen LogP contribution in [0.1, 0.15) is 39.3 Å². The molecule has 1 aliphatic heterocycles. The summed E-state index contributed by atoms with van der Waals surface area (Å²) in [6.07, 6.45) is 6.37. The van der Waals surface area contributed by atoms with Gasteiger partial charge in [-0.05, 0) is 19.8 Å². The summed E-state index contributed by atoms with van der Waals surface area (Å²) in [7, 11) is 0. The van der Waals surface area contributed by atoms with Gasteiger partial charge in [0.05, 0.1) is 12.0 Å². The second-order valence-corrected chi connectivity index (χ2v) is 5.18. The molecule has 18 heavy (non-hydrogen) atoms. The summed E-state index contributed by atoms with van der Waals surface area (Å²) < 4.78 is 2.25. The molecular weight excluding hydrogens is 224 g/mol. The molecule has 1 aliphatic rings. The number of rotatable bonds is 5. The van der Waals surface area contributed by atoms with E-state index in [0.29, 0.717) is 12.1 Å². The summed E-state index contributed by atoms with van der Waals surface area (Å²) in [5, 5.41) is 3.64. The van der Waals surface area contributed by atoms with Gasteiger partial charge < -0.3 is 9.88 Å². The van der Waals surface area contributed by atoms with Crippen molar-refractivity contribution in [1.29, 1.82) is 0 Å². The zero-order chi connectivity index (χ0) is 13.0. The monoisotopic (exact) mass is 250 g/mol. The van der Waals surface area contributed by atoms with Gasteiger partial charge >= 0.3 is 0 Å². The van der Waals surface area contributed by atoms with Crippen molar-refractivity contribution in [2.24, 2.45) is 0 Å². The predicted molar refractivity (Wildman–Crippen MR) is 74.5 cm³/mol. The number of nitrogens with zero attached hydrogens (tertiary/aromatic N) is 3. The molecule has 1 aromatic rings. The molecule has 4 heteroatoms. The van der Waals surface area contributed by atoms with E-state index in [-0.39, 0.29) is 0 Å². The fourth-order valence-electron chi connectivity index (χ4n) is 2.77. The molecule has 0 aromatic carbocycles. The first-order chi connectivity index (χ1) is 8.78. The van der Waals surface area contributed by atoms with Crippen molar-refractivity contribution < 1.29 is 0 Å². The number of nitrogens with one attached hydrogen (secondary N) is 1. The third-order valence-corrected chi connectivity index (χ3v) is 4.08. The van der Waals surface area contributed by atoms with Gasteiger partial charge in [-0.2, -0.15) is 0 Å². The van der Waals surface area contributed by atoms with Gasteiger partial charge in [0, 0.05) is 44.5 Å². The minimum Gasteiger partial charge on any atom is -0.334 e. The number of hydrogen-bond donors (Lipinski definition) is 1. The third-order valence-electron chi connectivity index (χ3n) is 4.08. The van der Waals surface area contributed by atoms with E-state index in [4.69, 9.17) is 0 Å². The third kappa shape index (κ3) is 2.93. The first-order valence-corrected chi connectivity index (χ1v) is 7.24. The number of aryl methyl sites for hydroxylation is 1. The Bertz CT molecular complexity index is 360. The molecule has 0 aliphatic carbocycles. The Kier molecular flexibility index (Phi) is 4.78. The fourth-order valence-corrected chi connectivity index (χ4v) is 2.77. The van der Waals surface area contributed by atoms with Crippen LogP contribution in [0.25, 0.3) is 0 Å². The van der Waals surface area contributed by atoms with Crippen LogP contribution in [0.15, 0.2) is 12.5 Å². The second kappa shape index (κ2) is 6.34. The van der Waals surface area contributed by atoms with Crippen molar-refractivity contribution in [1.82, 2.24) is 19.8 Å². The molecule has 2 atom stereocenters. The van der Waals surface area contributed by atoms with Crippen molar-refractivity contribution in [3.63, 3.8) is 0 Å². The van der Waals surface area contributed by atoms with Gasteiger partial charge in [0.1, 0.15) is 0 Å². The van der Waals surface area contributed by atoms with E-state index in [2.05, 4.69) is 40.5 Å². The van der Waals surface area contributed by atoms with Gasteiger partial charge in [-0.3, -0.25) is 4.90 Å². The minimum absolute atomic E-state index is 0.644. The first-order valence-electron chi connectivity index (χ1n) is 7.24. The average molecular weight is 250 g/mol. The first kappa shape index (κ1) is 13.6. The summed E-state index contributed by atoms with van der Waals surface area (Å²) in [6, 6.07) is 1.30. The summed E-state index contributed by atoms with van der Waals surface area (Å²) in [5.74, 6) is 0. The molecule has 0 spiro atoms. The molecule has 2 rings (SSSR count). The Morgan fingerprint density at radius 2 is 2.17 bits per heavy atom. The van der Waals surface area contributed by atoms with Gasteiger partial charge in [0.2, 0.25) is 0 Å². The molecule has 1 fully saturated rings. The van der Waals surface area contributed by atoms with E-state index in [1.807, 2.05) is 12.5 Å². The average Bonchev–Trinajstić information content (AvgIpc) is 2.86. The second-order valence-electron chi connectivity index (χ2n) is 5.18. The molecule has 1 aromatic heterocycles. The quantitative estimate of drug-likeness (QED) is 0.866. The molecular formula is C14H26N4. The molecule has 0 bridgehead atoms. The van der Waals surface area contributed by atoms with E-state index in [0.717, 1.165) is 26.2 Å². The summed E-state index contributed by atoms with van der Waals surface area (Å²) in [5.41, 5.74) is 1.34. The number of imidazole rings is 1. The van der Waals surface area contributed by atoms with E-state index >= 15 is 0 Å². The van der Waals surface area contributed by atoms with Crippen LogP contribution < -0.4 is 5.32 Å². The van der Waals surface area contributed by atoms with E-state index in [9.17, 15) is 0 Å². The Balaban J connectivity index is 2.04. The zero-order valence-corrected chi connectivity index (χ0v) is 11.9. The van der Waals surface area contributed by atoms with Crippen molar-refractivity contribution >= 4 is 0 Å². The molecule has 0 amide bonds. The molecule has 102 valence electrons. The Hall–Kier alpha value is -0.870.